The first kappa shape index (κ1) is 13.7. The van der Waals surface area contributed by atoms with Crippen molar-refractivity contribution in [3.63, 3.8) is 0 Å². The molecule has 1 aliphatic carbocycles. The molecule has 0 spiro atoms. The van der Waals surface area contributed by atoms with Gasteiger partial charge in [-0.1, -0.05) is 13.3 Å². The minimum absolute atomic E-state index is 0.223. The van der Waals surface area contributed by atoms with Crippen molar-refractivity contribution < 1.29 is 4.79 Å². The Hall–Kier alpha value is -0.410. The Balaban J connectivity index is 2.36. The Bertz CT molecular complexity index is 216. The van der Waals surface area contributed by atoms with Gasteiger partial charge in [0.2, 0.25) is 0 Å². The van der Waals surface area contributed by atoms with Crippen molar-refractivity contribution >= 4 is 5.78 Å². The highest BCUT2D eigenvalue weighted by molar-refractivity contribution is 5.84. The molecule has 0 aliphatic heterocycles. The number of rotatable bonds is 6. The fourth-order valence-corrected chi connectivity index (χ4v) is 2.48. The fraction of sp³-hybridized carbons (Fsp3) is 0.923. The van der Waals surface area contributed by atoms with Crippen LogP contribution in [-0.4, -0.2) is 55.4 Å². The first-order valence-corrected chi connectivity index (χ1v) is 6.56. The van der Waals surface area contributed by atoms with E-state index in [1.54, 1.807) is 0 Å². The summed E-state index contributed by atoms with van der Waals surface area (Å²) >= 11 is 0. The highest BCUT2D eigenvalue weighted by atomic mass is 16.1. The van der Waals surface area contributed by atoms with E-state index in [1.807, 2.05) is 0 Å². The summed E-state index contributed by atoms with van der Waals surface area (Å²) in [5, 5.41) is 0. The van der Waals surface area contributed by atoms with E-state index in [9.17, 15) is 4.79 Å². The van der Waals surface area contributed by atoms with Gasteiger partial charge >= 0.3 is 0 Å². The Morgan fingerprint density at radius 2 is 2.00 bits per heavy atom. The van der Waals surface area contributed by atoms with E-state index in [2.05, 4.69) is 30.8 Å². The zero-order chi connectivity index (χ0) is 12.0. The van der Waals surface area contributed by atoms with Gasteiger partial charge in [-0.15, -0.1) is 0 Å². The average Bonchev–Trinajstić information content (AvgIpc) is 2.25. The topological polar surface area (TPSA) is 23.6 Å². The maximum absolute atomic E-state index is 11.8. The highest BCUT2D eigenvalue weighted by Gasteiger charge is 2.26. The molecule has 16 heavy (non-hydrogen) atoms. The lowest BCUT2D eigenvalue weighted by molar-refractivity contribution is -0.126. The van der Waals surface area contributed by atoms with Gasteiger partial charge in [-0.05, 0) is 46.4 Å². The molecule has 1 unspecified atom stereocenters. The van der Waals surface area contributed by atoms with Crippen molar-refractivity contribution in [2.75, 3.05) is 33.7 Å². The van der Waals surface area contributed by atoms with Gasteiger partial charge < -0.3 is 4.90 Å². The van der Waals surface area contributed by atoms with Crippen molar-refractivity contribution in [3.8, 4) is 0 Å². The van der Waals surface area contributed by atoms with Crippen LogP contribution < -0.4 is 0 Å². The zero-order valence-electron chi connectivity index (χ0n) is 11.0. The number of carbonyl (C=O) groups excluding carboxylic acids is 1. The second kappa shape index (κ2) is 7.02. The fourth-order valence-electron chi connectivity index (χ4n) is 2.48. The summed E-state index contributed by atoms with van der Waals surface area (Å²) < 4.78 is 0. The number of likely N-dealkylation sites (N-methyl/N-ethyl adjacent to an activating group) is 1. The molecule has 0 amide bonds. The van der Waals surface area contributed by atoms with Gasteiger partial charge in [0.15, 0.2) is 0 Å². The van der Waals surface area contributed by atoms with Gasteiger partial charge in [-0.2, -0.15) is 0 Å². The van der Waals surface area contributed by atoms with Crippen LogP contribution >= 0.6 is 0 Å². The summed E-state index contributed by atoms with van der Waals surface area (Å²) in [4.78, 5) is 16.4. The van der Waals surface area contributed by atoms with Gasteiger partial charge in [-0.25, -0.2) is 0 Å². The second-order valence-electron chi connectivity index (χ2n) is 5.01. The molecule has 0 bridgehead atoms. The largest absolute Gasteiger partial charge is 0.309 e. The lowest BCUT2D eigenvalue weighted by atomic mass is 9.92. The molecule has 0 saturated heterocycles. The van der Waals surface area contributed by atoms with Crippen molar-refractivity contribution in [3.05, 3.63) is 0 Å². The number of nitrogens with zero attached hydrogens (tertiary/aromatic N) is 2. The SMILES string of the molecule is CCN(CCCN(C)C)C1CCCCC1=O. The van der Waals surface area contributed by atoms with E-state index in [4.69, 9.17) is 0 Å². The quantitative estimate of drug-likeness (QED) is 0.689. The normalized spacial score (nSPS) is 22.1. The molecule has 3 nitrogen and oxygen atoms in total. The first-order valence-electron chi connectivity index (χ1n) is 6.56. The van der Waals surface area contributed by atoms with E-state index in [-0.39, 0.29) is 6.04 Å². The van der Waals surface area contributed by atoms with Crippen LogP contribution in [0.5, 0.6) is 0 Å². The number of ketones is 1. The van der Waals surface area contributed by atoms with Crippen LogP contribution in [0.4, 0.5) is 0 Å². The third-order valence-electron chi connectivity index (χ3n) is 3.42. The Labute approximate surface area is 99.8 Å². The third kappa shape index (κ3) is 4.22. The molecule has 1 fully saturated rings. The second-order valence-corrected chi connectivity index (χ2v) is 5.01. The van der Waals surface area contributed by atoms with Gasteiger partial charge in [0, 0.05) is 13.0 Å². The molecule has 1 aliphatic rings. The summed E-state index contributed by atoms with van der Waals surface area (Å²) in [6.45, 7) is 5.34. The summed E-state index contributed by atoms with van der Waals surface area (Å²) in [5.41, 5.74) is 0. The highest BCUT2D eigenvalue weighted by Crippen LogP contribution is 2.19. The number of hydrogen-bond donors (Lipinski definition) is 0. The maximum Gasteiger partial charge on any atom is 0.149 e. The number of carbonyl (C=O) groups is 1. The predicted octanol–water partition coefficient (Wildman–Crippen LogP) is 1.77. The zero-order valence-corrected chi connectivity index (χ0v) is 11.0. The monoisotopic (exact) mass is 226 g/mol. The van der Waals surface area contributed by atoms with Crippen LogP contribution in [0.3, 0.4) is 0 Å². The van der Waals surface area contributed by atoms with E-state index in [1.165, 1.54) is 6.42 Å². The van der Waals surface area contributed by atoms with Gasteiger partial charge in [0.1, 0.15) is 5.78 Å². The molecule has 1 rings (SSSR count). The van der Waals surface area contributed by atoms with Crippen molar-refractivity contribution in [2.45, 2.75) is 45.1 Å². The molecule has 0 aromatic rings. The third-order valence-corrected chi connectivity index (χ3v) is 3.42. The predicted molar refractivity (Wildman–Crippen MR) is 67.7 cm³/mol. The van der Waals surface area contributed by atoms with Crippen molar-refractivity contribution in [2.24, 2.45) is 0 Å². The lowest BCUT2D eigenvalue weighted by Gasteiger charge is -2.32. The van der Waals surface area contributed by atoms with Crippen LogP contribution in [0.15, 0.2) is 0 Å². The van der Waals surface area contributed by atoms with Crippen molar-refractivity contribution in [1.29, 1.82) is 0 Å². The van der Waals surface area contributed by atoms with E-state index < -0.39 is 0 Å². The average molecular weight is 226 g/mol. The van der Waals surface area contributed by atoms with Gasteiger partial charge in [0.05, 0.1) is 6.04 Å². The van der Waals surface area contributed by atoms with E-state index in [0.717, 1.165) is 45.3 Å². The Morgan fingerprint density at radius 3 is 2.56 bits per heavy atom. The minimum atomic E-state index is 0.223. The first-order chi connectivity index (χ1) is 7.65. The summed E-state index contributed by atoms with van der Waals surface area (Å²) in [6, 6.07) is 0.223. The smallest absolute Gasteiger partial charge is 0.149 e. The van der Waals surface area contributed by atoms with Gasteiger partial charge in [0.25, 0.3) is 0 Å². The molecule has 0 N–H and O–H groups in total. The summed E-state index contributed by atoms with van der Waals surface area (Å²) in [6.07, 6.45) is 5.36. The van der Waals surface area contributed by atoms with Crippen LogP contribution in [0.1, 0.15) is 39.0 Å². The molecule has 3 heteroatoms. The Kier molecular flexibility index (Phi) is 5.99. The van der Waals surface area contributed by atoms with Crippen LogP contribution in [0.25, 0.3) is 0 Å². The molecule has 0 radical (unpaired) electrons. The molecule has 0 heterocycles. The van der Waals surface area contributed by atoms with Gasteiger partial charge in [-0.3, -0.25) is 9.69 Å². The summed E-state index contributed by atoms with van der Waals surface area (Å²) in [5.74, 6) is 0.470. The molecular weight excluding hydrogens is 200 g/mol. The van der Waals surface area contributed by atoms with Crippen LogP contribution in [0, 0.1) is 0 Å². The molecule has 0 aromatic carbocycles. The number of hydrogen-bond acceptors (Lipinski definition) is 3. The molecule has 1 saturated carbocycles. The van der Waals surface area contributed by atoms with Crippen LogP contribution in [-0.2, 0) is 4.79 Å². The molecule has 0 aromatic heterocycles. The van der Waals surface area contributed by atoms with Crippen LogP contribution in [0.2, 0.25) is 0 Å². The maximum atomic E-state index is 11.8. The summed E-state index contributed by atoms with van der Waals surface area (Å²) in [7, 11) is 4.20. The molecular formula is C13H26N2O. The van der Waals surface area contributed by atoms with E-state index in [0.29, 0.717) is 5.78 Å². The Morgan fingerprint density at radius 1 is 1.25 bits per heavy atom. The lowest BCUT2D eigenvalue weighted by Crippen LogP contribution is -2.43. The number of Topliss-reactive ketones (excluding diaryl/α,β-unsaturated/α-hetero) is 1. The minimum Gasteiger partial charge on any atom is -0.309 e. The molecule has 94 valence electrons. The standard InChI is InChI=1S/C13H26N2O/c1-4-15(11-7-10-14(2)3)12-8-5-6-9-13(12)16/h12H,4-11H2,1-3H3. The van der Waals surface area contributed by atoms with E-state index >= 15 is 0 Å². The van der Waals surface area contributed by atoms with Crippen molar-refractivity contribution in [1.82, 2.24) is 9.80 Å². The molecule has 1 atom stereocenters.